The van der Waals surface area contributed by atoms with Crippen LogP contribution in [0.3, 0.4) is 0 Å². The summed E-state index contributed by atoms with van der Waals surface area (Å²) in [4.78, 5) is 0. The van der Waals surface area contributed by atoms with Gasteiger partial charge in [0.25, 0.3) is 0 Å². The van der Waals surface area contributed by atoms with Crippen molar-refractivity contribution in [2.45, 2.75) is 6.54 Å². The molecule has 5 heteroatoms. The van der Waals surface area contributed by atoms with Crippen molar-refractivity contribution < 1.29 is 15.1 Å². The maximum atomic E-state index is 9.43. The Labute approximate surface area is 84.2 Å². The van der Waals surface area contributed by atoms with Gasteiger partial charge in [0.1, 0.15) is 11.5 Å². The highest BCUT2D eigenvalue weighted by Gasteiger charge is 2.06. The third-order valence-electron chi connectivity index (χ3n) is 1.62. The molecule has 0 spiro atoms. The van der Waals surface area contributed by atoms with E-state index in [9.17, 15) is 5.11 Å². The van der Waals surface area contributed by atoms with Gasteiger partial charge in [0, 0.05) is 18.2 Å². The van der Waals surface area contributed by atoms with Crippen molar-refractivity contribution in [1.82, 2.24) is 5.48 Å². The molecular formula is C8H10BrNO3. The second-order valence-electron chi connectivity index (χ2n) is 2.45. The first-order chi connectivity index (χ1) is 6.19. The largest absolute Gasteiger partial charge is 0.507 e. The van der Waals surface area contributed by atoms with Crippen LogP contribution in [0.15, 0.2) is 16.6 Å². The van der Waals surface area contributed by atoms with Crippen LogP contribution in [0.25, 0.3) is 0 Å². The van der Waals surface area contributed by atoms with Crippen molar-refractivity contribution >= 4 is 15.9 Å². The lowest BCUT2D eigenvalue weighted by molar-refractivity contribution is 0.160. The maximum Gasteiger partial charge on any atom is 0.136 e. The van der Waals surface area contributed by atoms with E-state index < -0.39 is 0 Å². The molecule has 13 heavy (non-hydrogen) atoms. The molecule has 4 nitrogen and oxygen atoms in total. The molecule has 0 atom stereocenters. The zero-order valence-corrected chi connectivity index (χ0v) is 8.63. The van der Waals surface area contributed by atoms with Gasteiger partial charge in [0.15, 0.2) is 0 Å². The van der Waals surface area contributed by atoms with Gasteiger partial charge in [-0.15, -0.1) is 0 Å². The van der Waals surface area contributed by atoms with Crippen molar-refractivity contribution in [3.63, 3.8) is 0 Å². The van der Waals surface area contributed by atoms with Crippen molar-refractivity contribution in [3.8, 4) is 11.5 Å². The van der Waals surface area contributed by atoms with E-state index in [-0.39, 0.29) is 12.3 Å². The lowest BCUT2D eigenvalue weighted by Crippen LogP contribution is -2.06. The van der Waals surface area contributed by atoms with Crippen LogP contribution in [0.2, 0.25) is 0 Å². The van der Waals surface area contributed by atoms with Crippen LogP contribution in [-0.2, 0) is 6.54 Å². The SMILES string of the molecule is COc1cc(O)c(CNO)cc1Br. The Kier molecular flexibility index (Phi) is 3.53. The molecule has 0 radical (unpaired) electrons. The van der Waals surface area contributed by atoms with E-state index in [1.807, 2.05) is 5.48 Å². The fourth-order valence-corrected chi connectivity index (χ4v) is 1.52. The molecule has 1 aromatic rings. The van der Waals surface area contributed by atoms with E-state index in [1.165, 1.54) is 13.2 Å². The summed E-state index contributed by atoms with van der Waals surface area (Å²) < 4.78 is 5.70. The average molecular weight is 248 g/mol. The Morgan fingerprint density at radius 1 is 1.54 bits per heavy atom. The normalized spacial score (nSPS) is 10.1. The van der Waals surface area contributed by atoms with Gasteiger partial charge in [0.05, 0.1) is 11.6 Å². The third-order valence-corrected chi connectivity index (χ3v) is 2.24. The average Bonchev–Trinajstić information content (AvgIpc) is 2.11. The number of methoxy groups -OCH3 is 1. The summed E-state index contributed by atoms with van der Waals surface area (Å²) in [5.41, 5.74) is 2.56. The second kappa shape index (κ2) is 4.45. The lowest BCUT2D eigenvalue weighted by atomic mass is 10.2. The van der Waals surface area contributed by atoms with Gasteiger partial charge in [-0.05, 0) is 22.0 Å². The number of phenolic OH excluding ortho intramolecular Hbond substituents is 1. The molecule has 0 aliphatic heterocycles. The fraction of sp³-hybridized carbons (Fsp3) is 0.250. The van der Waals surface area contributed by atoms with E-state index in [0.717, 1.165) is 4.47 Å². The second-order valence-corrected chi connectivity index (χ2v) is 3.30. The summed E-state index contributed by atoms with van der Waals surface area (Å²) in [7, 11) is 1.52. The molecule has 0 amide bonds. The summed E-state index contributed by atoms with van der Waals surface area (Å²) in [5, 5.41) is 17.9. The highest BCUT2D eigenvalue weighted by Crippen LogP contribution is 2.31. The molecule has 1 aromatic carbocycles. The highest BCUT2D eigenvalue weighted by molar-refractivity contribution is 9.10. The highest BCUT2D eigenvalue weighted by atomic mass is 79.9. The summed E-state index contributed by atoms with van der Waals surface area (Å²) in [6.45, 7) is 0.189. The van der Waals surface area contributed by atoms with E-state index in [0.29, 0.717) is 11.3 Å². The Bertz CT molecular complexity index is 304. The van der Waals surface area contributed by atoms with Crippen molar-refractivity contribution in [3.05, 3.63) is 22.2 Å². The molecule has 0 bridgehead atoms. The number of aromatic hydroxyl groups is 1. The molecule has 0 aliphatic rings. The minimum absolute atomic E-state index is 0.0848. The molecule has 0 aromatic heterocycles. The predicted octanol–water partition coefficient (Wildman–Crippen LogP) is 1.64. The Balaban J connectivity index is 3.05. The number of phenols is 1. The Hall–Kier alpha value is -0.780. The van der Waals surface area contributed by atoms with Gasteiger partial charge in [-0.2, -0.15) is 0 Å². The van der Waals surface area contributed by atoms with E-state index >= 15 is 0 Å². The standard InChI is InChI=1S/C8H10BrNO3/c1-13-8-3-7(11)5(4-10-12)2-6(8)9/h2-3,10-12H,4H2,1H3. The lowest BCUT2D eigenvalue weighted by Gasteiger charge is -2.08. The van der Waals surface area contributed by atoms with Crippen molar-refractivity contribution in [2.24, 2.45) is 0 Å². The van der Waals surface area contributed by atoms with E-state index in [4.69, 9.17) is 9.94 Å². The number of hydroxylamine groups is 1. The van der Waals surface area contributed by atoms with Gasteiger partial charge >= 0.3 is 0 Å². The van der Waals surface area contributed by atoms with E-state index in [2.05, 4.69) is 15.9 Å². The summed E-state index contributed by atoms with van der Waals surface area (Å²) in [5.74, 6) is 0.640. The number of rotatable bonds is 3. The van der Waals surface area contributed by atoms with Crippen molar-refractivity contribution in [1.29, 1.82) is 0 Å². The topological polar surface area (TPSA) is 61.7 Å². The first kappa shape index (κ1) is 10.3. The maximum absolute atomic E-state index is 9.43. The van der Waals surface area contributed by atoms with Gasteiger partial charge in [-0.25, -0.2) is 5.48 Å². The van der Waals surface area contributed by atoms with Crippen LogP contribution in [-0.4, -0.2) is 17.4 Å². The number of hydrogen-bond acceptors (Lipinski definition) is 4. The van der Waals surface area contributed by atoms with Gasteiger partial charge in [-0.1, -0.05) is 0 Å². The van der Waals surface area contributed by atoms with Crippen LogP contribution < -0.4 is 10.2 Å². The van der Waals surface area contributed by atoms with Crippen molar-refractivity contribution in [2.75, 3.05) is 7.11 Å². The first-order valence-electron chi connectivity index (χ1n) is 3.61. The molecule has 72 valence electrons. The Morgan fingerprint density at radius 3 is 2.77 bits per heavy atom. The molecule has 3 N–H and O–H groups in total. The molecule has 0 fully saturated rings. The molecule has 0 saturated carbocycles. The quantitative estimate of drug-likeness (QED) is 0.711. The van der Waals surface area contributed by atoms with Crippen LogP contribution in [0.1, 0.15) is 5.56 Å². The fourth-order valence-electron chi connectivity index (χ4n) is 0.967. The molecule has 0 unspecified atom stereocenters. The number of hydrogen-bond donors (Lipinski definition) is 3. The van der Waals surface area contributed by atoms with Gasteiger partial charge < -0.3 is 15.1 Å². The smallest absolute Gasteiger partial charge is 0.136 e. The number of nitrogens with one attached hydrogen (secondary N) is 1. The molecule has 0 heterocycles. The van der Waals surface area contributed by atoms with Crippen LogP contribution >= 0.6 is 15.9 Å². The zero-order chi connectivity index (χ0) is 9.84. The van der Waals surface area contributed by atoms with Gasteiger partial charge in [-0.3, -0.25) is 0 Å². The number of ether oxygens (including phenoxy) is 1. The third kappa shape index (κ3) is 2.33. The minimum atomic E-state index is 0.0848. The number of benzene rings is 1. The monoisotopic (exact) mass is 247 g/mol. The van der Waals surface area contributed by atoms with Crippen LogP contribution in [0, 0.1) is 0 Å². The summed E-state index contributed by atoms with van der Waals surface area (Å²) in [6.07, 6.45) is 0. The molecule has 0 aliphatic carbocycles. The molecule has 1 rings (SSSR count). The number of halogens is 1. The summed E-state index contributed by atoms with van der Waals surface area (Å²) >= 11 is 3.27. The molecule has 0 saturated heterocycles. The van der Waals surface area contributed by atoms with Crippen LogP contribution in [0.4, 0.5) is 0 Å². The van der Waals surface area contributed by atoms with E-state index in [1.54, 1.807) is 6.07 Å². The molecular weight excluding hydrogens is 238 g/mol. The summed E-state index contributed by atoms with van der Waals surface area (Å²) in [6, 6.07) is 3.16. The first-order valence-corrected chi connectivity index (χ1v) is 4.40. The minimum Gasteiger partial charge on any atom is -0.507 e. The predicted molar refractivity (Wildman–Crippen MR) is 51.0 cm³/mol. The zero-order valence-electron chi connectivity index (χ0n) is 7.04. The van der Waals surface area contributed by atoms with Gasteiger partial charge in [0.2, 0.25) is 0 Å². The van der Waals surface area contributed by atoms with Crippen LogP contribution in [0.5, 0.6) is 11.5 Å². The Morgan fingerprint density at radius 2 is 2.23 bits per heavy atom.